The van der Waals surface area contributed by atoms with E-state index in [0.29, 0.717) is 26.3 Å². The average molecular weight is 427 g/mol. The zero-order valence-electron chi connectivity index (χ0n) is 14.9. The van der Waals surface area contributed by atoms with Gasteiger partial charge in [-0.1, -0.05) is 47.4 Å². The van der Waals surface area contributed by atoms with Crippen molar-refractivity contribution in [3.63, 3.8) is 0 Å². The molecule has 7 nitrogen and oxygen atoms in total. The molecule has 0 aliphatic heterocycles. The van der Waals surface area contributed by atoms with Crippen molar-refractivity contribution < 1.29 is 9.18 Å². The highest BCUT2D eigenvalue weighted by atomic mass is 32.2. The SMILES string of the molecule is O=C(Cn1c(=O)cnc2ccccc21)Nc1nnc(SCc2ccc(F)cc2)s1. The molecule has 10 heteroatoms. The maximum absolute atomic E-state index is 13.0. The molecule has 0 spiro atoms. The van der Waals surface area contributed by atoms with E-state index in [9.17, 15) is 14.0 Å². The molecule has 29 heavy (non-hydrogen) atoms. The normalized spacial score (nSPS) is 10.9. The minimum absolute atomic E-state index is 0.153. The number of carbonyl (C=O) groups is 1. The van der Waals surface area contributed by atoms with Crippen molar-refractivity contribution in [2.24, 2.45) is 0 Å². The van der Waals surface area contributed by atoms with Crippen LogP contribution in [0.3, 0.4) is 0 Å². The first-order valence-electron chi connectivity index (χ1n) is 8.54. The molecule has 0 aliphatic carbocycles. The number of rotatable bonds is 6. The number of nitrogens with one attached hydrogen (secondary N) is 1. The Balaban J connectivity index is 1.40. The molecule has 1 N–H and O–H groups in total. The second-order valence-corrected chi connectivity index (χ2v) is 8.21. The van der Waals surface area contributed by atoms with Gasteiger partial charge in [0.05, 0.1) is 17.2 Å². The molecule has 0 saturated heterocycles. The van der Waals surface area contributed by atoms with Crippen LogP contribution in [0.15, 0.2) is 63.9 Å². The van der Waals surface area contributed by atoms with Gasteiger partial charge in [-0.3, -0.25) is 19.5 Å². The van der Waals surface area contributed by atoms with Crippen molar-refractivity contribution in [1.82, 2.24) is 19.7 Å². The topological polar surface area (TPSA) is 89.8 Å². The number of anilines is 1. The van der Waals surface area contributed by atoms with Crippen LogP contribution < -0.4 is 10.9 Å². The van der Waals surface area contributed by atoms with Crippen LogP contribution in [0.4, 0.5) is 9.52 Å². The van der Waals surface area contributed by atoms with Crippen molar-refractivity contribution >= 4 is 45.2 Å². The number of para-hydroxylation sites is 2. The van der Waals surface area contributed by atoms with Crippen molar-refractivity contribution in [1.29, 1.82) is 0 Å². The second-order valence-electron chi connectivity index (χ2n) is 6.01. The number of amides is 1. The van der Waals surface area contributed by atoms with Crippen LogP contribution in [0.25, 0.3) is 11.0 Å². The Kier molecular flexibility index (Phi) is 5.63. The molecule has 0 saturated carbocycles. The molecule has 4 rings (SSSR count). The number of carbonyl (C=O) groups excluding carboxylic acids is 1. The third-order valence-electron chi connectivity index (χ3n) is 3.98. The largest absolute Gasteiger partial charge is 0.299 e. The number of fused-ring (bicyclic) bond motifs is 1. The molecule has 4 aromatic rings. The highest BCUT2D eigenvalue weighted by Crippen LogP contribution is 2.28. The van der Waals surface area contributed by atoms with Crippen LogP contribution in [0, 0.1) is 5.82 Å². The predicted molar refractivity (Wildman–Crippen MR) is 111 cm³/mol. The first-order chi connectivity index (χ1) is 14.1. The summed E-state index contributed by atoms with van der Waals surface area (Å²) in [6.45, 7) is -0.153. The van der Waals surface area contributed by atoms with E-state index >= 15 is 0 Å². The van der Waals surface area contributed by atoms with E-state index in [4.69, 9.17) is 0 Å². The molecular weight excluding hydrogens is 413 g/mol. The van der Waals surface area contributed by atoms with E-state index < -0.39 is 0 Å². The van der Waals surface area contributed by atoms with Crippen LogP contribution in [-0.4, -0.2) is 25.7 Å². The van der Waals surface area contributed by atoms with Gasteiger partial charge in [-0.05, 0) is 29.8 Å². The van der Waals surface area contributed by atoms with Gasteiger partial charge < -0.3 is 0 Å². The van der Waals surface area contributed by atoms with Crippen molar-refractivity contribution in [3.05, 3.63) is 76.5 Å². The van der Waals surface area contributed by atoms with E-state index in [2.05, 4.69) is 20.5 Å². The second kappa shape index (κ2) is 8.50. The number of hydrogen-bond donors (Lipinski definition) is 1. The molecule has 1 amide bonds. The summed E-state index contributed by atoms with van der Waals surface area (Å²) in [5, 5.41) is 11.0. The van der Waals surface area contributed by atoms with E-state index in [-0.39, 0.29) is 23.8 Å². The molecule has 2 aromatic carbocycles. The summed E-state index contributed by atoms with van der Waals surface area (Å²) in [5.74, 6) is -0.0446. The highest BCUT2D eigenvalue weighted by molar-refractivity contribution is 8.00. The molecule has 0 bridgehead atoms. The molecule has 2 heterocycles. The van der Waals surface area contributed by atoms with E-state index in [0.717, 1.165) is 5.56 Å². The minimum Gasteiger partial charge on any atom is -0.299 e. The van der Waals surface area contributed by atoms with Crippen LogP contribution >= 0.6 is 23.1 Å². The lowest BCUT2D eigenvalue weighted by Crippen LogP contribution is -2.27. The Morgan fingerprint density at radius 1 is 1.14 bits per heavy atom. The molecule has 0 aliphatic rings. The maximum Gasteiger partial charge on any atom is 0.269 e. The Morgan fingerprint density at radius 3 is 2.76 bits per heavy atom. The van der Waals surface area contributed by atoms with Crippen LogP contribution in [0.1, 0.15) is 5.56 Å². The molecular formula is C19H14FN5O2S2. The van der Waals surface area contributed by atoms with Crippen LogP contribution in [-0.2, 0) is 17.1 Å². The molecule has 0 radical (unpaired) electrons. The monoisotopic (exact) mass is 427 g/mol. The molecule has 0 unspecified atom stereocenters. The van der Waals surface area contributed by atoms with Gasteiger partial charge in [0.1, 0.15) is 12.4 Å². The number of hydrogen-bond acceptors (Lipinski definition) is 7. The lowest BCUT2D eigenvalue weighted by Gasteiger charge is -2.08. The maximum atomic E-state index is 13.0. The first kappa shape index (κ1) is 19.2. The minimum atomic E-state index is -0.380. The smallest absolute Gasteiger partial charge is 0.269 e. The van der Waals surface area contributed by atoms with E-state index in [1.54, 1.807) is 30.3 Å². The fourth-order valence-corrected chi connectivity index (χ4v) is 4.35. The highest BCUT2D eigenvalue weighted by Gasteiger charge is 2.12. The lowest BCUT2D eigenvalue weighted by atomic mass is 10.2. The summed E-state index contributed by atoms with van der Waals surface area (Å²) in [4.78, 5) is 28.6. The summed E-state index contributed by atoms with van der Waals surface area (Å²) in [6, 6.07) is 13.4. The summed E-state index contributed by atoms with van der Waals surface area (Å²) in [6.07, 6.45) is 1.20. The van der Waals surface area contributed by atoms with Gasteiger partial charge in [-0.15, -0.1) is 10.2 Å². The van der Waals surface area contributed by atoms with Crippen molar-refractivity contribution in [2.45, 2.75) is 16.6 Å². The Labute approximate surface area is 172 Å². The third kappa shape index (κ3) is 4.66. The Hall–Kier alpha value is -3.11. The number of aromatic nitrogens is 4. The number of thioether (sulfide) groups is 1. The Bertz CT molecular complexity index is 1220. The van der Waals surface area contributed by atoms with Gasteiger partial charge in [0.2, 0.25) is 11.0 Å². The molecule has 146 valence electrons. The molecule has 0 atom stereocenters. The average Bonchev–Trinajstić information content (AvgIpc) is 3.17. The zero-order chi connectivity index (χ0) is 20.2. The van der Waals surface area contributed by atoms with Gasteiger partial charge >= 0.3 is 0 Å². The molecule has 2 aromatic heterocycles. The predicted octanol–water partition coefficient (Wildman–Crippen LogP) is 3.32. The van der Waals surface area contributed by atoms with Gasteiger partial charge in [-0.2, -0.15) is 0 Å². The summed E-state index contributed by atoms with van der Waals surface area (Å²) in [5.41, 5.74) is 1.83. The molecule has 0 fully saturated rings. The summed E-state index contributed by atoms with van der Waals surface area (Å²) in [7, 11) is 0. The van der Waals surface area contributed by atoms with Crippen molar-refractivity contribution in [2.75, 3.05) is 5.32 Å². The first-order valence-corrected chi connectivity index (χ1v) is 10.3. The number of benzene rings is 2. The van der Waals surface area contributed by atoms with Gasteiger partial charge in [0.25, 0.3) is 5.56 Å². The fourth-order valence-electron chi connectivity index (χ4n) is 2.62. The van der Waals surface area contributed by atoms with Crippen LogP contribution in [0.5, 0.6) is 0 Å². The Morgan fingerprint density at radius 2 is 1.93 bits per heavy atom. The van der Waals surface area contributed by atoms with Crippen molar-refractivity contribution in [3.8, 4) is 0 Å². The lowest BCUT2D eigenvalue weighted by molar-refractivity contribution is -0.116. The van der Waals surface area contributed by atoms with Gasteiger partial charge in [-0.25, -0.2) is 9.37 Å². The zero-order valence-corrected chi connectivity index (χ0v) is 16.5. The van der Waals surface area contributed by atoms with Gasteiger partial charge in [0, 0.05) is 5.75 Å². The number of nitrogens with zero attached hydrogens (tertiary/aromatic N) is 4. The van der Waals surface area contributed by atoms with E-state index in [1.165, 1.54) is 46.0 Å². The van der Waals surface area contributed by atoms with Crippen LogP contribution in [0.2, 0.25) is 0 Å². The third-order valence-corrected chi connectivity index (χ3v) is 6.03. The summed E-state index contributed by atoms with van der Waals surface area (Å²) >= 11 is 2.68. The fraction of sp³-hybridized carbons (Fsp3) is 0.105. The standard InChI is InChI=1S/C19H14FN5O2S2/c20-13-7-5-12(6-8-13)11-28-19-24-23-18(29-19)22-16(26)10-25-15-4-2-1-3-14(15)21-9-17(25)27/h1-9H,10-11H2,(H,22,23,26). The van der Waals surface area contributed by atoms with Gasteiger partial charge in [0.15, 0.2) is 4.34 Å². The summed E-state index contributed by atoms with van der Waals surface area (Å²) < 4.78 is 15.0. The van der Waals surface area contributed by atoms with E-state index in [1.807, 2.05) is 6.07 Å². The quantitative estimate of drug-likeness (QED) is 0.375. The number of halogens is 1.